The molecule has 1 heterocycles. The molecular weight excluding hydrogens is 454 g/mol. The molecule has 4 atom stereocenters. The Labute approximate surface area is 206 Å². The SMILES string of the molecule is CCCC1=C([C@H](O)CC/C(=C/c2ccc(O)cc2Cl)CCC)[C@H](CO)[C@@H]2C(=O)N(C)C(=O)[C@@H]2C1. The standard InChI is InChI=1S/C27H36ClNO5/c1-4-6-16(12-17-9-10-19(31)14-22(17)28)8-11-23(32)24-18(7-5-2)13-20-25(21(24)15-30)27(34)29(3)26(20)33/h9-10,12,14,20-21,23,25,30-32H,4-8,11,13,15H2,1-3H3/b16-12+/t20-,21+,23-,25-/m1/s1. The van der Waals surface area contributed by atoms with Crippen LogP contribution in [0.2, 0.25) is 5.02 Å². The van der Waals surface area contributed by atoms with E-state index in [9.17, 15) is 24.9 Å². The molecule has 2 aliphatic rings. The van der Waals surface area contributed by atoms with Crippen LogP contribution in [0.25, 0.3) is 6.08 Å². The summed E-state index contributed by atoms with van der Waals surface area (Å²) in [5.41, 5.74) is 3.71. The highest BCUT2D eigenvalue weighted by Gasteiger charge is 2.53. The van der Waals surface area contributed by atoms with Gasteiger partial charge in [0.25, 0.3) is 0 Å². The van der Waals surface area contributed by atoms with Gasteiger partial charge in [-0.15, -0.1) is 0 Å². The summed E-state index contributed by atoms with van der Waals surface area (Å²) in [5.74, 6) is -1.92. The Morgan fingerprint density at radius 2 is 1.94 bits per heavy atom. The lowest BCUT2D eigenvalue weighted by atomic mass is 9.67. The number of phenols is 1. The number of phenolic OH excluding ortho intramolecular Hbond substituents is 1. The van der Waals surface area contributed by atoms with Gasteiger partial charge in [0.2, 0.25) is 11.8 Å². The molecule has 186 valence electrons. The Balaban J connectivity index is 1.86. The van der Waals surface area contributed by atoms with Crippen LogP contribution in [0.15, 0.2) is 34.9 Å². The minimum Gasteiger partial charge on any atom is -0.508 e. The normalized spacial score (nSPS) is 24.1. The number of carbonyl (C=O) groups is 2. The first-order chi connectivity index (χ1) is 16.2. The summed E-state index contributed by atoms with van der Waals surface area (Å²) in [4.78, 5) is 26.6. The quantitative estimate of drug-likeness (QED) is 0.326. The minimum atomic E-state index is -0.802. The molecule has 3 N–H and O–H groups in total. The van der Waals surface area contributed by atoms with Crippen molar-refractivity contribution >= 4 is 29.5 Å². The molecule has 0 aromatic heterocycles. The largest absolute Gasteiger partial charge is 0.508 e. The lowest BCUT2D eigenvalue weighted by Gasteiger charge is -2.36. The molecule has 0 radical (unpaired) electrons. The summed E-state index contributed by atoms with van der Waals surface area (Å²) in [6.07, 6.45) is 6.14. The second-order valence-electron chi connectivity index (χ2n) is 9.48. The molecule has 7 heteroatoms. The summed E-state index contributed by atoms with van der Waals surface area (Å²) < 4.78 is 0. The lowest BCUT2D eigenvalue weighted by Crippen LogP contribution is -2.39. The number of aromatic hydroxyl groups is 1. The van der Waals surface area contributed by atoms with Crippen molar-refractivity contribution in [2.24, 2.45) is 17.8 Å². The molecule has 1 aliphatic heterocycles. The second kappa shape index (κ2) is 11.5. The molecule has 0 bridgehead atoms. The number of hydrogen-bond donors (Lipinski definition) is 3. The van der Waals surface area contributed by atoms with Crippen LogP contribution in [0, 0.1) is 17.8 Å². The first kappa shape index (κ1) is 26.5. The van der Waals surface area contributed by atoms with Gasteiger partial charge in [0.15, 0.2) is 0 Å². The summed E-state index contributed by atoms with van der Waals surface area (Å²) in [6, 6.07) is 4.88. The van der Waals surface area contributed by atoms with Crippen molar-refractivity contribution in [1.29, 1.82) is 0 Å². The zero-order valence-electron chi connectivity index (χ0n) is 20.3. The number of aliphatic hydroxyl groups excluding tert-OH is 2. The van der Waals surface area contributed by atoms with Gasteiger partial charge in [0.05, 0.1) is 29.6 Å². The number of benzene rings is 1. The molecule has 1 fully saturated rings. The fourth-order valence-corrected chi connectivity index (χ4v) is 5.81. The van der Waals surface area contributed by atoms with Gasteiger partial charge in [-0.1, -0.05) is 55.5 Å². The van der Waals surface area contributed by atoms with Crippen LogP contribution in [0.5, 0.6) is 5.75 Å². The van der Waals surface area contributed by atoms with Gasteiger partial charge in [0.1, 0.15) is 5.75 Å². The molecule has 1 saturated heterocycles. The van der Waals surface area contributed by atoms with Crippen molar-refractivity contribution in [3.8, 4) is 5.75 Å². The van der Waals surface area contributed by atoms with E-state index in [1.54, 1.807) is 12.1 Å². The van der Waals surface area contributed by atoms with E-state index in [-0.39, 0.29) is 24.2 Å². The minimum absolute atomic E-state index is 0.112. The van der Waals surface area contributed by atoms with Crippen molar-refractivity contribution in [2.75, 3.05) is 13.7 Å². The molecule has 0 saturated carbocycles. The fraction of sp³-hybridized carbons (Fsp3) is 0.556. The maximum absolute atomic E-state index is 12.8. The van der Waals surface area contributed by atoms with Crippen molar-refractivity contribution in [3.63, 3.8) is 0 Å². The van der Waals surface area contributed by atoms with E-state index >= 15 is 0 Å². The van der Waals surface area contributed by atoms with Gasteiger partial charge >= 0.3 is 0 Å². The topological polar surface area (TPSA) is 98.1 Å². The smallest absolute Gasteiger partial charge is 0.233 e. The first-order valence-corrected chi connectivity index (χ1v) is 12.6. The van der Waals surface area contributed by atoms with Gasteiger partial charge in [-0.3, -0.25) is 14.5 Å². The maximum Gasteiger partial charge on any atom is 0.233 e. The third kappa shape index (κ3) is 5.40. The molecular formula is C27H36ClNO5. The van der Waals surface area contributed by atoms with Crippen LogP contribution >= 0.6 is 11.6 Å². The highest BCUT2D eigenvalue weighted by molar-refractivity contribution is 6.32. The Morgan fingerprint density at radius 1 is 1.21 bits per heavy atom. The summed E-state index contributed by atoms with van der Waals surface area (Å²) in [7, 11) is 1.50. The number of aliphatic hydroxyl groups is 2. The Kier molecular flexibility index (Phi) is 8.96. The van der Waals surface area contributed by atoms with Gasteiger partial charge in [-0.05, 0) is 61.4 Å². The number of fused-ring (bicyclic) bond motifs is 1. The van der Waals surface area contributed by atoms with Gasteiger partial charge in [-0.25, -0.2) is 0 Å². The van der Waals surface area contributed by atoms with E-state index in [1.165, 1.54) is 18.0 Å². The number of carbonyl (C=O) groups excluding carboxylic acids is 2. The van der Waals surface area contributed by atoms with Crippen molar-refractivity contribution in [1.82, 2.24) is 4.90 Å². The predicted molar refractivity (Wildman–Crippen MR) is 133 cm³/mol. The molecule has 3 rings (SSSR count). The number of hydrogen-bond acceptors (Lipinski definition) is 5. The molecule has 34 heavy (non-hydrogen) atoms. The monoisotopic (exact) mass is 489 g/mol. The number of allylic oxidation sites excluding steroid dienone is 2. The average Bonchev–Trinajstić information content (AvgIpc) is 3.02. The third-order valence-electron chi connectivity index (χ3n) is 7.17. The zero-order chi connectivity index (χ0) is 25.0. The Morgan fingerprint density at radius 3 is 2.56 bits per heavy atom. The van der Waals surface area contributed by atoms with Crippen LogP contribution in [0.1, 0.15) is 64.4 Å². The van der Waals surface area contributed by atoms with Crippen LogP contribution in [-0.4, -0.2) is 51.8 Å². The Bertz CT molecular complexity index is 985. The Hall–Kier alpha value is -2.15. The molecule has 1 aromatic carbocycles. The van der Waals surface area contributed by atoms with Crippen LogP contribution in [0.4, 0.5) is 0 Å². The van der Waals surface area contributed by atoms with E-state index in [4.69, 9.17) is 11.6 Å². The highest BCUT2D eigenvalue weighted by Crippen LogP contribution is 2.47. The van der Waals surface area contributed by atoms with Gasteiger partial charge in [-0.2, -0.15) is 0 Å². The first-order valence-electron chi connectivity index (χ1n) is 12.2. The maximum atomic E-state index is 12.8. The molecule has 2 amide bonds. The number of imide groups is 1. The van der Waals surface area contributed by atoms with Crippen molar-refractivity contribution in [2.45, 2.75) is 64.9 Å². The van der Waals surface area contributed by atoms with Gasteiger partial charge < -0.3 is 15.3 Å². The van der Waals surface area contributed by atoms with E-state index in [2.05, 4.69) is 6.92 Å². The van der Waals surface area contributed by atoms with Crippen LogP contribution < -0.4 is 0 Å². The van der Waals surface area contributed by atoms with E-state index in [0.717, 1.165) is 48.0 Å². The summed E-state index contributed by atoms with van der Waals surface area (Å²) in [6.45, 7) is 3.87. The number of amides is 2. The second-order valence-corrected chi connectivity index (χ2v) is 9.89. The van der Waals surface area contributed by atoms with Crippen molar-refractivity contribution < 1.29 is 24.9 Å². The van der Waals surface area contributed by atoms with E-state index < -0.39 is 23.9 Å². The van der Waals surface area contributed by atoms with E-state index in [0.29, 0.717) is 24.3 Å². The highest BCUT2D eigenvalue weighted by atomic mass is 35.5. The predicted octanol–water partition coefficient (Wildman–Crippen LogP) is 4.71. The number of halogens is 1. The van der Waals surface area contributed by atoms with E-state index in [1.807, 2.05) is 13.0 Å². The molecule has 1 aromatic rings. The average molecular weight is 490 g/mol. The van der Waals surface area contributed by atoms with Crippen molar-refractivity contribution in [3.05, 3.63) is 45.5 Å². The molecule has 0 spiro atoms. The lowest BCUT2D eigenvalue weighted by molar-refractivity contribution is -0.138. The molecule has 6 nitrogen and oxygen atoms in total. The molecule has 1 aliphatic carbocycles. The van der Waals surface area contributed by atoms with Crippen LogP contribution in [0.3, 0.4) is 0 Å². The fourth-order valence-electron chi connectivity index (χ4n) is 5.58. The number of nitrogens with zero attached hydrogens (tertiary/aromatic N) is 1. The summed E-state index contributed by atoms with van der Waals surface area (Å²) >= 11 is 6.29. The number of likely N-dealkylation sites (tertiary alicyclic amines) is 1. The summed E-state index contributed by atoms with van der Waals surface area (Å²) in [5, 5.41) is 31.7. The van der Waals surface area contributed by atoms with Crippen LogP contribution in [-0.2, 0) is 9.59 Å². The zero-order valence-corrected chi connectivity index (χ0v) is 21.0. The van der Waals surface area contributed by atoms with Gasteiger partial charge in [0, 0.05) is 13.0 Å². The molecule has 0 unspecified atom stereocenters. The number of rotatable bonds is 10. The third-order valence-corrected chi connectivity index (χ3v) is 7.49.